The third kappa shape index (κ3) is 5.25. The monoisotopic (exact) mass is 378 g/mol. The Bertz CT molecular complexity index is 912. The normalized spacial score (nSPS) is 11.6. The highest BCUT2D eigenvalue weighted by atomic mass is 15.2. The summed E-state index contributed by atoms with van der Waals surface area (Å²) in [6, 6.07) is 14.8. The highest BCUT2D eigenvalue weighted by Gasteiger charge is 2.02. The van der Waals surface area contributed by atoms with Gasteiger partial charge in [0.05, 0.1) is 6.54 Å². The molecule has 0 radical (unpaired) electrons. The van der Waals surface area contributed by atoms with Crippen molar-refractivity contribution in [2.75, 3.05) is 32.1 Å². The van der Waals surface area contributed by atoms with Crippen LogP contribution in [0.3, 0.4) is 0 Å². The van der Waals surface area contributed by atoms with Crippen molar-refractivity contribution in [3.05, 3.63) is 60.4 Å². The minimum Gasteiger partial charge on any atom is -0.363 e. The van der Waals surface area contributed by atoms with Gasteiger partial charge in [0.25, 0.3) is 0 Å². The number of guanidine groups is 1. The van der Waals surface area contributed by atoms with Gasteiger partial charge < -0.3 is 20.1 Å². The topological polar surface area (TPSA) is 57.5 Å². The van der Waals surface area contributed by atoms with Gasteiger partial charge >= 0.3 is 0 Å². The number of aliphatic imine (C=N–C) groups is 1. The molecular weight excluding hydrogens is 348 g/mol. The molecule has 3 aromatic rings. The number of para-hydroxylation sites is 1. The second kappa shape index (κ2) is 9.78. The zero-order chi connectivity index (χ0) is 19.8. The number of rotatable bonds is 8. The third-order valence-electron chi connectivity index (χ3n) is 4.58. The largest absolute Gasteiger partial charge is 0.363 e. The molecule has 6 heteroatoms. The first-order valence-corrected chi connectivity index (χ1v) is 9.85. The van der Waals surface area contributed by atoms with Gasteiger partial charge in [-0.15, -0.1) is 0 Å². The summed E-state index contributed by atoms with van der Waals surface area (Å²) in [6.07, 6.45) is 5.03. The van der Waals surface area contributed by atoms with Crippen LogP contribution >= 0.6 is 0 Å². The van der Waals surface area contributed by atoms with Gasteiger partial charge in [-0.2, -0.15) is 0 Å². The average Bonchev–Trinajstić information content (AvgIpc) is 3.12. The Labute approximate surface area is 167 Å². The Morgan fingerprint density at radius 3 is 2.82 bits per heavy atom. The van der Waals surface area contributed by atoms with Gasteiger partial charge in [0.15, 0.2) is 5.96 Å². The maximum atomic E-state index is 4.71. The predicted molar refractivity (Wildman–Crippen MR) is 118 cm³/mol. The van der Waals surface area contributed by atoms with Gasteiger partial charge in [0.2, 0.25) is 0 Å². The average molecular weight is 379 g/mol. The molecule has 0 aliphatic rings. The first-order chi connectivity index (χ1) is 13.7. The second-order valence-electron chi connectivity index (χ2n) is 6.96. The Morgan fingerprint density at radius 1 is 1.14 bits per heavy atom. The molecule has 0 fully saturated rings. The lowest BCUT2D eigenvalue weighted by Crippen LogP contribution is -2.38. The number of fused-ring (bicyclic) bond motifs is 1. The van der Waals surface area contributed by atoms with Crippen molar-refractivity contribution >= 4 is 22.7 Å². The van der Waals surface area contributed by atoms with Crippen molar-refractivity contribution in [1.29, 1.82) is 0 Å². The molecule has 28 heavy (non-hydrogen) atoms. The summed E-state index contributed by atoms with van der Waals surface area (Å²) < 4.78 is 2.31. The molecule has 0 bridgehead atoms. The van der Waals surface area contributed by atoms with E-state index >= 15 is 0 Å². The van der Waals surface area contributed by atoms with Crippen LogP contribution in [0.25, 0.3) is 10.9 Å². The minimum atomic E-state index is 0.626. The number of benzene rings is 1. The zero-order valence-electron chi connectivity index (χ0n) is 17.0. The molecule has 0 amide bonds. The molecule has 1 aromatic carbocycles. The summed E-state index contributed by atoms with van der Waals surface area (Å²) in [7, 11) is 3.99. The SMILES string of the molecule is CCNC(=NCc1ccnc(N(C)C)c1)NCCCn1ccc2ccccc21. The van der Waals surface area contributed by atoms with Crippen LogP contribution in [0.5, 0.6) is 0 Å². The molecule has 2 aromatic heterocycles. The maximum Gasteiger partial charge on any atom is 0.191 e. The van der Waals surface area contributed by atoms with Crippen molar-refractivity contribution in [3.8, 4) is 0 Å². The lowest BCUT2D eigenvalue weighted by molar-refractivity contribution is 0.641. The van der Waals surface area contributed by atoms with Crippen LogP contribution in [0, 0.1) is 0 Å². The third-order valence-corrected chi connectivity index (χ3v) is 4.58. The van der Waals surface area contributed by atoms with Crippen molar-refractivity contribution in [3.63, 3.8) is 0 Å². The van der Waals surface area contributed by atoms with Gasteiger partial charge in [0.1, 0.15) is 5.82 Å². The smallest absolute Gasteiger partial charge is 0.191 e. The number of hydrogen-bond donors (Lipinski definition) is 2. The number of nitrogens with zero attached hydrogens (tertiary/aromatic N) is 4. The summed E-state index contributed by atoms with van der Waals surface area (Å²) in [6.45, 7) is 5.40. The molecule has 0 spiro atoms. The number of hydrogen-bond acceptors (Lipinski definition) is 3. The predicted octanol–water partition coefficient (Wildman–Crippen LogP) is 3.25. The molecule has 148 valence electrons. The van der Waals surface area contributed by atoms with Gasteiger partial charge in [-0.3, -0.25) is 0 Å². The Morgan fingerprint density at radius 2 is 2.00 bits per heavy atom. The fraction of sp³-hybridized carbons (Fsp3) is 0.364. The highest BCUT2D eigenvalue weighted by molar-refractivity contribution is 5.80. The number of nitrogens with one attached hydrogen (secondary N) is 2. The van der Waals surface area contributed by atoms with E-state index in [4.69, 9.17) is 4.99 Å². The van der Waals surface area contributed by atoms with Gasteiger partial charge in [-0.05, 0) is 48.6 Å². The van der Waals surface area contributed by atoms with Crippen molar-refractivity contribution in [2.45, 2.75) is 26.4 Å². The van der Waals surface area contributed by atoms with E-state index < -0.39 is 0 Å². The molecule has 3 rings (SSSR count). The summed E-state index contributed by atoms with van der Waals surface area (Å²) in [4.78, 5) is 11.1. The van der Waals surface area contributed by atoms with Gasteiger partial charge in [-0.25, -0.2) is 9.98 Å². The number of aryl methyl sites for hydroxylation is 1. The standard InChI is InChI=1S/C22H30N6/c1-4-23-22(26-17-18-10-13-24-21(16-18)27(2)3)25-12-7-14-28-15-11-19-8-5-6-9-20(19)28/h5-6,8-11,13,15-16H,4,7,12,14,17H2,1-3H3,(H2,23,25,26). The van der Waals surface area contributed by atoms with Crippen LogP contribution in [0.2, 0.25) is 0 Å². The number of pyridine rings is 1. The van der Waals surface area contributed by atoms with Crippen molar-refractivity contribution in [2.24, 2.45) is 4.99 Å². The molecule has 0 aliphatic heterocycles. The summed E-state index contributed by atoms with van der Waals surface area (Å²) in [5.41, 5.74) is 2.44. The Balaban J connectivity index is 1.52. The fourth-order valence-electron chi connectivity index (χ4n) is 3.11. The highest BCUT2D eigenvalue weighted by Crippen LogP contribution is 2.15. The molecule has 2 heterocycles. The zero-order valence-corrected chi connectivity index (χ0v) is 17.0. The molecule has 0 unspecified atom stereocenters. The number of aromatic nitrogens is 2. The van der Waals surface area contributed by atoms with Crippen LogP contribution in [0.15, 0.2) is 59.9 Å². The van der Waals surface area contributed by atoms with Crippen molar-refractivity contribution < 1.29 is 0 Å². The molecule has 0 saturated heterocycles. The first-order valence-electron chi connectivity index (χ1n) is 9.85. The molecule has 0 aliphatic carbocycles. The van der Waals surface area contributed by atoms with E-state index in [1.54, 1.807) is 0 Å². The lowest BCUT2D eigenvalue weighted by atomic mass is 10.2. The molecule has 2 N–H and O–H groups in total. The summed E-state index contributed by atoms with van der Waals surface area (Å²) in [5.74, 6) is 1.80. The van der Waals surface area contributed by atoms with E-state index in [0.29, 0.717) is 6.54 Å². The van der Waals surface area contributed by atoms with Gasteiger partial charge in [-0.1, -0.05) is 18.2 Å². The first kappa shape index (κ1) is 19.7. The van der Waals surface area contributed by atoms with Crippen LogP contribution in [-0.4, -0.2) is 42.7 Å². The van der Waals surface area contributed by atoms with E-state index in [9.17, 15) is 0 Å². The molecular formula is C22H30N6. The molecule has 6 nitrogen and oxygen atoms in total. The van der Waals surface area contributed by atoms with E-state index in [-0.39, 0.29) is 0 Å². The minimum absolute atomic E-state index is 0.626. The van der Waals surface area contributed by atoms with Crippen molar-refractivity contribution in [1.82, 2.24) is 20.2 Å². The molecule has 0 atom stereocenters. The molecule has 0 saturated carbocycles. The van der Waals surface area contributed by atoms with E-state index in [2.05, 4.69) is 69.7 Å². The van der Waals surface area contributed by atoms with Gasteiger partial charge in [0, 0.05) is 51.6 Å². The lowest BCUT2D eigenvalue weighted by Gasteiger charge is -2.13. The maximum absolute atomic E-state index is 4.71. The quantitative estimate of drug-likeness (QED) is 0.359. The number of anilines is 1. The fourth-order valence-corrected chi connectivity index (χ4v) is 3.11. The summed E-state index contributed by atoms with van der Waals surface area (Å²) >= 11 is 0. The van der Waals surface area contributed by atoms with Crippen LogP contribution in [-0.2, 0) is 13.1 Å². The van der Waals surface area contributed by atoms with Crippen LogP contribution in [0.1, 0.15) is 18.9 Å². The Kier molecular flexibility index (Phi) is 6.89. The van der Waals surface area contributed by atoms with Crippen LogP contribution in [0.4, 0.5) is 5.82 Å². The van der Waals surface area contributed by atoms with E-state index in [0.717, 1.165) is 43.4 Å². The van der Waals surface area contributed by atoms with Crippen LogP contribution < -0.4 is 15.5 Å². The Hall–Kier alpha value is -3.02. The second-order valence-corrected chi connectivity index (χ2v) is 6.96. The van der Waals surface area contributed by atoms with E-state index in [1.165, 1.54) is 10.9 Å². The van der Waals surface area contributed by atoms with E-state index in [1.807, 2.05) is 31.3 Å². The summed E-state index contributed by atoms with van der Waals surface area (Å²) in [5, 5.41) is 8.05.